The lowest BCUT2D eigenvalue weighted by molar-refractivity contribution is -0.153. The molecule has 1 rings (SSSR count). The van der Waals surface area contributed by atoms with Crippen LogP contribution in [0.25, 0.3) is 0 Å². The topological polar surface area (TPSA) is 92.8 Å². The Labute approximate surface area is 143 Å². The third-order valence-corrected chi connectivity index (χ3v) is 5.10. The second-order valence-corrected chi connectivity index (χ2v) is 7.69. The van der Waals surface area contributed by atoms with Gasteiger partial charge in [-0.25, -0.2) is 12.7 Å². The third-order valence-electron chi connectivity index (χ3n) is 3.29. The van der Waals surface area contributed by atoms with E-state index in [1.165, 1.54) is 39.2 Å². The molecule has 24 heavy (non-hydrogen) atoms. The maximum atomic E-state index is 12.1. The van der Waals surface area contributed by atoms with Crippen molar-refractivity contribution in [3.8, 4) is 0 Å². The van der Waals surface area contributed by atoms with Crippen molar-refractivity contribution < 1.29 is 22.7 Å². The zero-order valence-electron chi connectivity index (χ0n) is 14.4. The molecule has 8 heteroatoms. The van der Waals surface area contributed by atoms with Crippen LogP contribution in [0.3, 0.4) is 0 Å². The quantitative estimate of drug-likeness (QED) is 0.719. The number of benzene rings is 1. The fourth-order valence-corrected chi connectivity index (χ4v) is 2.77. The van der Waals surface area contributed by atoms with E-state index in [9.17, 15) is 18.0 Å². The Morgan fingerprint density at radius 3 is 2.54 bits per heavy atom. The second kappa shape index (κ2) is 8.79. The van der Waals surface area contributed by atoms with Gasteiger partial charge in [-0.2, -0.15) is 0 Å². The monoisotopic (exact) mass is 356 g/mol. The molecule has 0 bridgehead atoms. The summed E-state index contributed by atoms with van der Waals surface area (Å²) in [5, 5.41) is 2.56. The number of esters is 1. The predicted molar refractivity (Wildman–Crippen MR) is 91.0 cm³/mol. The lowest BCUT2D eigenvalue weighted by atomic mass is 10.2. The Kier molecular flexibility index (Phi) is 7.37. The molecule has 0 saturated heterocycles. The summed E-state index contributed by atoms with van der Waals surface area (Å²) < 4.78 is 30.3. The summed E-state index contributed by atoms with van der Waals surface area (Å²) in [5.74, 6) is -0.942. The summed E-state index contributed by atoms with van der Waals surface area (Å²) in [6.07, 6.45) is 0.883. The average Bonchev–Trinajstić information content (AvgIpc) is 2.52. The van der Waals surface area contributed by atoms with Crippen molar-refractivity contribution in [2.45, 2.75) is 44.1 Å². The third kappa shape index (κ3) is 5.61. The minimum absolute atomic E-state index is 0.0675. The molecule has 0 fully saturated rings. The summed E-state index contributed by atoms with van der Waals surface area (Å²) >= 11 is 0. The molecule has 134 valence electrons. The molecule has 0 aliphatic rings. The van der Waals surface area contributed by atoms with Gasteiger partial charge in [0.1, 0.15) is 0 Å². The molecule has 0 spiro atoms. The molecule has 0 aliphatic heterocycles. The summed E-state index contributed by atoms with van der Waals surface area (Å²) in [5.41, 5.74) is 0.319. The van der Waals surface area contributed by atoms with E-state index in [2.05, 4.69) is 5.32 Å². The van der Waals surface area contributed by atoms with Gasteiger partial charge in [0.05, 0.1) is 4.90 Å². The summed E-state index contributed by atoms with van der Waals surface area (Å²) in [6.45, 7) is 3.43. The van der Waals surface area contributed by atoms with Gasteiger partial charge in [0, 0.05) is 26.2 Å². The molecular formula is C16H24N2O5S. The number of carbonyl (C=O) groups excluding carboxylic acids is 2. The number of unbranched alkanes of at least 4 members (excludes halogenated alkanes) is 1. The van der Waals surface area contributed by atoms with E-state index >= 15 is 0 Å². The fraction of sp³-hybridized carbons (Fsp3) is 0.500. The molecule has 0 unspecified atom stereocenters. The van der Waals surface area contributed by atoms with Crippen LogP contribution < -0.4 is 5.32 Å². The van der Waals surface area contributed by atoms with Gasteiger partial charge in [-0.15, -0.1) is 0 Å². The van der Waals surface area contributed by atoms with Gasteiger partial charge >= 0.3 is 5.97 Å². The van der Waals surface area contributed by atoms with Gasteiger partial charge in [0.25, 0.3) is 5.91 Å². The van der Waals surface area contributed by atoms with E-state index in [0.29, 0.717) is 12.1 Å². The van der Waals surface area contributed by atoms with Crippen molar-refractivity contribution in [1.82, 2.24) is 4.31 Å². The van der Waals surface area contributed by atoms with Crippen LogP contribution in [0.5, 0.6) is 0 Å². The van der Waals surface area contributed by atoms with Crippen LogP contribution in [0, 0.1) is 0 Å². The number of hydrogen-bond donors (Lipinski definition) is 1. The second-order valence-electron chi connectivity index (χ2n) is 5.54. The van der Waals surface area contributed by atoms with Crippen LogP contribution >= 0.6 is 0 Å². The van der Waals surface area contributed by atoms with Crippen LogP contribution in [0.2, 0.25) is 0 Å². The Hall–Kier alpha value is -1.93. The number of carbonyl (C=O) groups is 2. The number of anilines is 1. The normalized spacial score (nSPS) is 12.7. The first-order chi connectivity index (χ1) is 11.2. The van der Waals surface area contributed by atoms with Crippen LogP contribution in [0.15, 0.2) is 29.2 Å². The van der Waals surface area contributed by atoms with Crippen LogP contribution in [-0.2, 0) is 24.3 Å². The van der Waals surface area contributed by atoms with E-state index in [4.69, 9.17) is 4.74 Å². The average molecular weight is 356 g/mol. The molecule has 1 atom stereocenters. The molecule has 1 aromatic rings. The maximum Gasteiger partial charge on any atom is 0.306 e. The molecule has 0 saturated carbocycles. The molecule has 0 heterocycles. The number of amides is 1. The van der Waals surface area contributed by atoms with E-state index in [1.807, 2.05) is 6.92 Å². The summed E-state index contributed by atoms with van der Waals surface area (Å²) in [6, 6.07) is 5.90. The molecule has 7 nitrogen and oxygen atoms in total. The Bertz CT molecular complexity index is 685. The number of ether oxygens (including phenoxy) is 1. The number of nitrogens with zero attached hydrogens (tertiary/aromatic N) is 1. The highest BCUT2D eigenvalue weighted by atomic mass is 32.2. The SMILES string of the molecule is CCCCC(=O)O[C@H](C)C(=O)Nc1cccc(S(=O)(=O)N(C)C)c1. The maximum absolute atomic E-state index is 12.1. The Balaban J connectivity index is 2.76. The number of sulfonamides is 1. The van der Waals surface area contributed by atoms with Gasteiger partial charge in [-0.1, -0.05) is 19.4 Å². The van der Waals surface area contributed by atoms with Crippen LogP contribution in [-0.4, -0.2) is 44.8 Å². The lowest BCUT2D eigenvalue weighted by Gasteiger charge is -2.15. The lowest BCUT2D eigenvalue weighted by Crippen LogP contribution is -2.30. The smallest absolute Gasteiger partial charge is 0.306 e. The number of hydrogen-bond acceptors (Lipinski definition) is 5. The Morgan fingerprint density at radius 2 is 1.96 bits per heavy atom. The molecule has 1 N–H and O–H groups in total. The highest BCUT2D eigenvalue weighted by molar-refractivity contribution is 7.89. The van der Waals surface area contributed by atoms with Gasteiger partial charge in [-0.3, -0.25) is 9.59 Å². The fourth-order valence-electron chi connectivity index (χ4n) is 1.82. The molecule has 1 aromatic carbocycles. The van der Waals surface area contributed by atoms with E-state index in [-0.39, 0.29) is 11.3 Å². The van der Waals surface area contributed by atoms with Crippen LogP contribution in [0.1, 0.15) is 33.1 Å². The van der Waals surface area contributed by atoms with E-state index < -0.39 is 28.0 Å². The minimum Gasteiger partial charge on any atom is -0.453 e. The molecular weight excluding hydrogens is 332 g/mol. The van der Waals surface area contributed by atoms with Crippen molar-refractivity contribution >= 4 is 27.6 Å². The largest absolute Gasteiger partial charge is 0.453 e. The first-order valence-corrected chi connectivity index (χ1v) is 9.15. The zero-order chi connectivity index (χ0) is 18.3. The Morgan fingerprint density at radius 1 is 1.29 bits per heavy atom. The van der Waals surface area contributed by atoms with E-state index in [0.717, 1.165) is 10.7 Å². The van der Waals surface area contributed by atoms with Crippen molar-refractivity contribution in [1.29, 1.82) is 0 Å². The van der Waals surface area contributed by atoms with Gasteiger partial charge in [0.15, 0.2) is 6.10 Å². The first-order valence-electron chi connectivity index (χ1n) is 7.71. The molecule has 1 amide bonds. The van der Waals surface area contributed by atoms with Crippen molar-refractivity contribution in [3.05, 3.63) is 24.3 Å². The number of rotatable bonds is 8. The van der Waals surface area contributed by atoms with Gasteiger partial charge < -0.3 is 10.1 Å². The summed E-state index contributed by atoms with van der Waals surface area (Å²) in [4.78, 5) is 23.7. The van der Waals surface area contributed by atoms with Gasteiger partial charge in [0.2, 0.25) is 10.0 Å². The van der Waals surface area contributed by atoms with E-state index in [1.54, 1.807) is 6.07 Å². The van der Waals surface area contributed by atoms with Crippen molar-refractivity contribution in [3.63, 3.8) is 0 Å². The first kappa shape index (κ1) is 20.1. The molecule has 0 radical (unpaired) electrons. The highest BCUT2D eigenvalue weighted by Gasteiger charge is 2.20. The van der Waals surface area contributed by atoms with Gasteiger partial charge in [-0.05, 0) is 31.5 Å². The predicted octanol–water partition coefficient (Wildman–Crippen LogP) is 2.00. The summed E-state index contributed by atoms with van der Waals surface area (Å²) in [7, 11) is -0.730. The molecule has 0 aromatic heterocycles. The van der Waals surface area contributed by atoms with Crippen LogP contribution in [0.4, 0.5) is 5.69 Å². The standard InChI is InChI=1S/C16H24N2O5S/c1-5-6-10-15(19)23-12(2)16(20)17-13-8-7-9-14(11-13)24(21,22)18(3)4/h7-9,11-12H,5-6,10H2,1-4H3,(H,17,20)/t12-/m1/s1. The highest BCUT2D eigenvalue weighted by Crippen LogP contribution is 2.18. The van der Waals surface area contributed by atoms with Crippen molar-refractivity contribution in [2.75, 3.05) is 19.4 Å². The molecule has 0 aliphatic carbocycles. The minimum atomic E-state index is -3.59. The number of nitrogens with one attached hydrogen (secondary N) is 1. The zero-order valence-corrected chi connectivity index (χ0v) is 15.2. The van der Waals surface area contributed by atoms with Crippen molar-refractivity contribution in [2.24, 2.45) is 0 Å².